The Balaban J connectivity index is 1.69. The van der Waals surface area contributed by atoms with Gasteiger partial charge in [0, 0.05) is 0 Å². The lowest BCUT2D eigenvalue weighted by Crippen LogP contribution is -2.40. The molecule has 3 aliphatic rings. The maximum absolute atomic E-state index is 13.5. The van der Waals surface area contributed by atoms with Crippen molar-refractivity contribution in [3.05, 3.63) is 0 Å². The fourth-order valence-electron chi connectivity index (χ4n) is 4.09. The molecule has 28 heavy (non-hydrogen) atoms. The first-order chi connectivity index (χ1) is 13.4. The molecule has 1 aliphatic heterocycles. The van der Waals surface area contributed by atoms with Crippen molar-refractivity contribution in [3.63, 3.8) is 0 Å². The number of hydrogen-bond acceptors (Lipinski definition) is 9. The van der Waals surface area contributed by atoms with Crippen LogP contribution < -0.4 is 0 Å². The second kappa shape index (κ2) is 10.3. The van der Waals surface area contributed by atoms with Crippen molar-refractivity contribution >= 4 is 7.82 Å². The van der Waals surface area contributed by atoms with Gasteiger partial charge < -0.3 is 25.2 Å². The van der Waals surface area contributed by atoms with E-state index in [1.165, 1.54) is 0 Å². The van der Waals surface area contributed by atoms with Crippen LogP contribution in [0.15, 0.2) is 0 Å². The van der Waals surface area contributed by atoms with Crippen LogP contribution in [0.3, 0.4) is 0 Å². The topological polar surface area (TPSA) is 135 Å². The third-order valence-corrected chi connectivity index (χ3v) is 7.30. The molecule has 1 heterocycles. The Morgan fingerprint density at radius 2 is 1.36 bits per heavy atom. The largest absolute Gasteiger partial charge is 0.477 e. The highest BCUT2D eigenvalue weighted by Crippen LogP contribution is 2.56. The van der Waals surface area contributed by atoms with E-state index in [1.54, 1.807) is 0 Å². The van der Waals surface area contributed by atoms with Gasteiger partial charge in [-0.05, 0) is 25.7 Å². The van der Waals surface area contributed by atoms with Crippen molar-refractivity contribution in [2.24, 2.45) is 0 Å². The van der Waals surface area contributed by atoms with Crippen LogP contribution in [-0.2, 0) is 22.9 Å². The number of phosphoric acid groups is 1. The van der Waals surface area contributed by atoms with Crippen LogP contribution in [0, 0.1) is 0 Å². The van der Waals surface area contributed by atoms with E-state index in [0.717, 1.165) is 64.2 Å². The highest BCUT2D eigenvalue weighted by atomic mass is 31.2. The maximum Gasteiger partial charge on any atom is 0.477 e. The Kier molecular flexibility index (Phi) is 8.30. The Hall–Kier alpha value is -0.0900. The number of aliphatic hydroxyl groups is 4. The van der Waals surface area contributed by atoms with Crippen LogP contribution in [0.25, 0.3) is 0 Å². The van der Waals surface area contributed by atoms with Crippen molar-refractivity contribution in [2.45, 2.75) is 107 Å². The van der Waals surface area contributed by atoms with Crippen LogP contribution in [0.2, 0.25) is 0 Å². The maximum atomic E-state index is 13.5. The van der Waals surface area contributed by atoms with Gasteiger partial charge in [-0.2, -0.15) is 0 Å². The summed E-state index contributed by atoms with van der Waals surface area (Å²) in [5, 5.41) is 39.1. The number of hydrogen-bond donors (Lipinski definition) is 4. The molecule has 2 saturated carbocycles. The molecule has 0 amide bonds. The van der Waals surface area contributed by atoms with Gasteiger partial charge in [0.25, 0.3) is 0 Å². The molecule has 164 valence electrons. The van der Waals surface area contributed by atoms with Crippen molar-refractivity contribution in [1.29, 1.82) is 0 Å². The fourth-order valence-corrected chi connectivity index (χ4v) is 5.82. The predicted molar refractivity (Wildman–Crippen MR) is 98.4 cm³/mol. The first-order valence-corrected chi connectivity index (χ1v) is 11.8. The van der Waals surface area contributed by atoms with Crippen molar-refractivity contribution in [2.75, 3.05) is 6.61 Å². The Morgan fingerprint density at radius 3 is 1.82 bits per heavy atom. The van der Waals surface area contributed by atoms with Gasteiger partial charge in [-0.25, -0.2) is 4.57 Å². The molecule has 0 aromatic rings. The average Bonchev–Trinajstić information content (AvgIpc) is 2.97. The van der Waals surface area contributed by atoms with Crippen LogP contribution in [0.4, 0.5) is 0 Å². The van der Waals surface area contributed by atoms with E-state index < -0.39 is 45.1 Å². The normalized spacial score (nSPS) is 34.6. The third-order valence-electron chi connectivity index (χ3n) is 5.72. The molecular formula is C18H33O9P. The lowest BCUT2D eigenvalue weighted by atomic mass is 9.98. The Bertz CT molecular complexity index is 497. The first-order valence-electron chi connectivity index (χ1n) is 10.4. The molecular weight excluding hydrogens is 391 g/mol. The van der Waals surface area contributed by atoms with E-state index >= 15 is 0 Å². The third kappa shape index (κ3) is 5.74. The van der Waals surface area contributed by atoms with Crippen LogP contribution in [0.1, 0.15) is 64.2 Å². The first kappa shape index (κ1) is 22.6. The number of ether oxygens (including phenoxy) is 1. The van der Waals surface area contributed by atoms with E-state index in [1.807, 2.05) is 0 Å². The quantitative estimate of drug-likeness (QED) is 0.429. The van der Waals surface area contributed by atoms with Gasteiger partial charge >= 0.3 is 7.82 Å². The van der Waals surface area contributed by atoms with E-state index in [4.69, 9.17) is 23.4 Å². The number of aliphatic hydroxyl groups excluding tert-OH is 4. The summed E-state index contributed by atoms with van der Waals surface area (Å²) in [5.74, 6) is 0. The van der Waals surface area contributed by atoms with E-state index in [2.05, 4.69) is 0 Å². The Morgan fingerprint density at radius 1 is 0.857 bits per heavy atom. The molecule has 4 N–H and O–H groups in total. The number of phosphoric ester groups is 1. The minimum absolute atomic E-state index is 0.259. The zero-order chi connectivity index (χ0) is 20.1. The van der Waals surface area contributed by atoms with Crippen molar-refractivity contribution in [1.82, 2.24) is 0 Å². The van der Waals surface area contributed by atoms with Gasteiger partial charge in [0.1, 0.15) is 24.4 Å². The molecule has 0 bridgehead atoms. The molecule has 0 spiro atoms. The molecule has 0 aromatic carbocycles. The fraction of sp³-hybridized carbons (Fsp3) is 1.00. The molecule has 3 fully saturated rings. The van der Waals surface area contributed by atoms with Crippen LogP contribution in [0.5, 0.6) is 0 Å². The summed E-state index contributed by atoms with van der Waals surface area (Å²) in [6.45, 7) is -0.657. The summed E-state index contributed by atoms with van der Waals surface area (Å²) in [7, 11) is -4.07. The average molecular weight is 424 g/mol. The van der Waals surface area contributed by atoms with Crippen molar-refractivity contribution in [3.8, 4) is 0 Å². The lowest BCUT2D eigenvalue weighted by molar-refractivity contribution is -0.151. The second-order valence-corrected chi connectivity index (χ2v) is 9.51. The van der Waals surface area contributed by atoms with Gasteiger partial charge in [-0.3, -0.25) is 13.6 Å². The summed E-state index contributed by atoms with van der Waals surface area (Å²) in [6.07, 6.45) is 1.39. The second-order valence-electron chi connectivity index (χ2n) is 7.98. The lowest BCUT2D eigenvalue weighted by Gasteiger charge is -2.31. The molecule has 0 aromatic heterocycles. The van der Waals surface area contributed by atoms with Crippen LogP contribution >= 0.6 is 7.82 Å². The minimum Gasteiger partial charge on any atom is -0.394 e. The summed E-state index contributed by atoms with van der Waals surface area (Å²) in [5.41, 5.74) is 0. The van der Waals surface area contributed by atoms with Gasteiger partial charge in [0.2, 0.25) is 0 Å². The van der Waals surface area contributed by atoms with Gasteiger partial charge in [-0.1, -0.05) is 38.5 Å². The summed E-state index contributed by atoms with van der Waals surface area (Å²) in [4.78, 5) is 0. The van der Waals surface area contributed by atoms with E-state index in [-0.39, 0.29) is 12.2 Å². The molecule has 5 atom stereocenters. The van der Waals surface area contributed by atoms with Crippen LogP contribution in [-0.4, -0.2) is 69.9 Å². The van der Waals surface area contributed by atoms with E-state index in [0.29, 0.717) is 0 Å². The molecule has 2 aliphatic carbocycles. The highest BCUT2D eigenvalue weighted by molar-refractivity contribution is 7.48. The molecule has 1 saturated heterocycles. The molecule has 0 radical (unpaired) electrons. The standard InChI is InChI=1S/C18H33O9P/c19-11-14(20)17-15(21)16(22)18(24-17)27-28(23,25-12-7-3-1-4-8-12)26-13-9-5-2-6-10-13/h12-22H,1-11H2/t14-,15-,16+,17-,18-/m1/s1. The smallest absolute Gasteiger partial charge is 0.394 e. The predicted octanol–water partition coefficient (Wildman–Crippen LogP) is 1.61. The molecule has 10 heteroatoms. The molecule has 3 rings (SSSR count). The van der Waals surface area contributed by atoms with Gasteiger partial charge in [0.05, 0.1) is 18.8 Å². The Labute approximate surface area is 165 Å². The minimum atomic E-state index is -4.07. The molecule has 0 unspecified atom stereocenters. The zero-order valence-electron chi connectivity index (χ0n) is 16.1. The monoisotopic (exact) mass is 424 g/mol. The van der Waals surface area contributed by atoms with Gasteiger partial charge in [0.15, 0.2) is 6.29 Å². The SMILES string of the molecule is O=P(OC1CCCCC1)(OC1CCCCC1)O[C@H]1O[C@H]([C@H](O)CO)[C@H](O)[C@@H]1O. The van der Waals surface area contributed by atoms with Gasteiger partial charge in [-0.15, -0.1) is 0 Å². The summed E-state index contributed by atoms with van der Waals surface area (Å²) in [6, 6.07) is 0. The zero-order valence-corrected chi connectivity index (χ0v) is 17.0. The molecule has 9 nitrogen and oxygen atoms in total. The number of rotatable bonds is 8. The summed E-state index contributed by atoms with van der Waals surface area (Å²) < 4.78 is 35.9. The summed E-state index contributed by atoms with van der Waals surface area (Å²) >= 11 is 0. The van der Waals surface area contributed by atoms with Crippen molar-refractivity contribution < 1.29 is 43.3 Å². The van der Waals surface area contributed by atoms with E-state index in [9.17, 15) is 19.9 Å². The highest BCUT2D eigenvalue weighted by Gasteiger charge is 2.50.